The molecule has 1 aromatic heterocycles. The predicted molar refractivity (Wildman–Crippen MR) is 83.4 cm³/mol. The van der Waals surface area contributed by atoms with Gasteiger partial charge in [-0.25, -0.2) is 9.97 Å². The Labute approximate surface area is 125 Å². The van der Waals surface area contributed by atoms with Crippen molar-refractivity contribution < 1.29 is 10.2 Å². The van der Waals surface area contributed by atoms with Gasteiger partial charge in [0, 0.05) is 23.3 Å². The molecule has 0 saturated heterocycles. The van der Waals surface area contributed by atoms with Crippen molar-refractivity contribution in [3.05, 3.63) is 11.4 Å². The zero-order chi connectivity index (χ0) is 15.3. The molecule has 6 heteroatoms. The number of nitrogens with zero attached hydrogens (tertiary/aromatic N) is 2. The Balaban J connectivity index is 3.10. The number of aromatic nitrogens is 2. The first kappa shape index (κ1) is 17.2. The van der Waals surface area contributed by atoms with Crippen LogP contribution in [0.25, 0.3) is 0 Å². The number of hydrogen-bond donors (Lipinski definition) is 3. The first-order chi connectivity index (χ1) is 9.29. The lowest BCUT2D eigenvalue weighted by Crippen LogP contribution is -2.20. The second kappa shape index (κ2) is 7.24. The monoisotopic (exact) mass is 299 g/mol. The van der Waals surface area contributed by atoms with E-state index in [1.54, 1.807) is 0 Å². The van der Waals surface area contributed by atoms with Crippen LogP contribution >= 0.6 is 11.8 Å². The van der Waals surface area contributed by atoms with E-state index in [1.807, 2.05) is 13.8 Å². The van der Waals surface area contributed by atoms with Gasteiger partial charge in [0.1, 0.15) is 16.7 Å². The average Bonchev–Trinajstić information content (AvgIpc) is 2.38. The fourth-order valence-electron chi connectivity index (χ4n) is 1.54. The molecule has 0 radical (unpaired) electrons. The van der Waals surface area contributed by atoms with Crippen molar-refractivity contribution in [3.63, 3.8) is 0 Å². The van der Waals surface area contributed by atoms with Gasteiger partial charge in [0.2, 0.25) is 0 Å². The molecule has 0 aromatic carbocycles. The number of nitrogens with one attached hydrogen (secondary N) is 1. The summed E-state index contributed by atoms with van der Waals surface area (Å²) in [6.45, 7) is 10.8. The molecule has 3 N–H and O–H groups in total. The molecule has 0 aliphatic carbocycles. The van der Waals surface area contributed by atoms with E-state index in [0.29, 0.717) is 5.75 Å². The predicted octanol–water partition coefficient (Wildman–Crippen LogP) is 1.96. The third kappa shape index (κ3) is 4.61. The number of anilines is 1. The molecule has 114 valence electrons. The van der Waals surface area contributed by atoms with E-state index in [4.69, 9.17) is 5.11 Å². The molecule has 1 rings (SSSR count). The van der Waals surface area contributed by atoms with Crippen LogP contribution in [0.3, 0.4) is 0 Å². The van der Waals surface area contributed by atoms with Crippen molar-refractivity contribution >= 4 is 17.6 Å². The molecule has 0 spiro atoms. The van der Waals surface area contributed by atoms with Crippen LogP contribution in [0.1, 0.15) is 39.1 Å². The fraction of sp³-hybridized carbons (Fsp3) is 0.714. The van der Waals surface area contributed by atoms with E-state index in [9.17, 15) is 5.11 Å². The maximum absolute atomic E-state index is 9.48. The maximum atomic E-state index is 9.48. The van der Waals surface area contributed by atoms with E-state index in [1.165, 1.54) is 11.8 Å². The van der Waals surface area contributed by atoms with Crippen LogP contribution in [0.4, 0.5) is 5.82 Å². The molecular formula is C14H25N3O2S. The zero-order valence-corrected chi connectivity index (χ0v) is 13.7. The number of thioether (sulfide) groups is 1. The highest BCUT2D eigenvalue weighted by Gasteiger charge is 2.21. The van der Waals surface area contributed by atoms with Gasteiger partial charge in [0.15, 0.2) is 0 Å². The van der Waals surface area contributed by atoms with E-state index in [-0.39, 0.29) is 12.0 Å². The highest BCUT2D eigenvalue weighted by Crippen LogP contribution is 2.29. The summed E-state index contributed by atoms with van der Waals surface area (Å²) in [6.07, 6.45) is -0.727. The first-order valence-electron chi connectivity index (χ1n) is 6.84. The lowest BCUT2D eigenvalue weighted by atomic mass is 9.95. The van der Waals surface area contributed by atoms with Gasteiger partial charge in [-0.2, -0.15) is 0 Å². The Morgan fingerprint density at radius 1 is 1.30 bits per heavy atom. The van der Waals surface area contributed by atoms with Gasteiger partial charge in [0.25, 0.3) is 0 Å². The summed E-state index contributed by atoms with van der Waals surface area (Å²) in [4.78, 5) is 9.21. The van der Waals surface area contributed by atoms with Gasteiger partial charge in [-0.15, -0.1) is 11.8 Å². The summed E-state index contributed by atoms with van der Waals surface area (Å²) in [5, 5.41) is 22.5. The van der Waals surface area contributed by atoms with Crippen LogP contribution in [0.15, 0.2) is 5.03 Å². The van der Waals surface area contributed by atoms with Gasteiger partial charge in [-0.3, -0.25) is 0 Å². The minimum Gasteiger partial charge on any atom is -0.394 e. The third-order valence-corrected chi connectivity index (χ3v) is 3.96. The van der Waals surface area contributed by atoms with Gasteiger partial charge in [-0.05, 0) is 13.8 Å². The standard InChI is InChI=1S/C14H25N3O2S/c1-6-15-11-9(2)12(20-8-10(19)7-18)17-13(16-11)14(3,4)5/h10,18-19H,6-8H2,1-5H3,(H,15,16,17). The number of aliphatic hydroxyl groups excluding tert-OH is 2. The topological polar surface area (TPSA) is 78.3 Å². The molecule has 0 aliphatic rings. The second-order valence-electron chi connectivity index (χ2n) is 5.75. The molecule has 0 aliphatic heterocycles. The normalized spacial score (nSPS) is 13.3. The van der Waals surface area contributed by atoms with Gasteiger partial charge >= 0.3 is 0 Å². The van der Waals surface area contributed by atoms with E-state index in [0.717, 1.165) is 28.8 Å². The van der Waals surface area contributed by atoms with Crippen molar-refractivity contribution in [2.24, 2.45) is 0 Å². The van der Waals surface area contributed by atoms with Crippen molar-refractivity contribution in [1.29, 1.82) is 0 Å². The van der Waals surface area contributed by atoms with Gasteiger partial charge < -0.3 is 15.5 Å². The van der Waals surface area contributed by atoms with Crippen LogP contribution in [-0.4, -0.2) is 45.2 Å². The quantitative estimate of drug-likeness (QED) is 0.550. The summed E-state index contributed by atoms with van der Waals surface area (Å²) in [6, 6.07) is 0. The minimum absolute atomic E-state index is 0.136. The highest BCUT2D eigenvalue weighted by atomic mass is 32.2. The summed E-state index contributed by atoms with van der Waals surface area (Å²) >= 11 is 1.45. The molecule has 1 heterocycles. The summed E-state index contributed by atoms with van der Waals surface area (Å²) in [7, 11) is 0. The lowest BCUT2D eigenvalue weighted by Gasteiger charge is -2.20. The maximum Gasteiger partial charge on any atom is 0.137 e. The number of aliphatic hydroxyl groups is 2. The fourth-order valence-corrected chi connectivity index (χ4v) is 2.46. The molecule has 1 atom stereocenters. The Kier molecular flexibility index (Phi) is 6.23. The number of hydrogen-bond acceptors (Lipinski definition) is 6. The molecule has 1 unspecified atom stereocenters. The Morgan fingerprint density at radius 3 is 2.45 bits per heavy atom. The van der Waals surface area contributed by atoms with Crippen LogP contribution < -0.4 is 5.32 Å². The van der Waals surface area contributed by atoms with Crippen LogP contribution in [0.5, 0.6) is 0 Å². The van der Waals surface area contributed by atoms with E-state index < -0.39 is 6.10 Å². The smallest absolute Gasteiger partial charge is 0.137 e. The molecular weight excluding hydrogens is 274 g/mol. The molecule has 0 saturated carbocycles. The second-order valence-corrected chi connectivity index (χ2v) is 6.76. The molecule has 5 nitrogen and oxygen atoms in total. The SMILES string of the molecule is CCNc1nc(C(C)(C)C)nc(SCC(O)CO)c1C. The largest absolute Gasteiger partial charge is 0.394 e. The van der Waals surface area contributed by atoms with Crippen LogP contribution in [-0.2, 0) is 5.41 Å². The van der Waals surface area contributed by atoms with E-state index in [2.05, 4.69) is 36.1 Å². The molecule has 20 heavy (non-hydrogen) atoms. The van der Waals surface area contributed by atoms with Crippen molar-refractivity contribution in [2.75, 3.05) is 24.2 Å². The van der Waals surface area contributed by atoms with Gasteiger partial charge in [0.05, 0.1) is 12.7 Å². The molecule has 0 bridgehead atoms. The van der Waals surface area contributed by atoms with Crippen LogP contribution in [0.2, 0.25) is 0 Å². The average molecular weight is 299 g/mol. The Bertz CT molecular complexity index is 447. The van der Waals surface area contributed by atoms with Crippen LogP contribution in [0, 0.1) is 6.92 Å². The Hall–Kier alpha value is -0.850. The van der Waals surface area contributed by atoms with E-state index >= 15 is 0 Å². The third-order valence-electron chi connectivity index (χ3n) is 2.74. The minimum atomic E-state index is -0.727. The molecule has 0 fully saturated rings. The van der Waals surface area contributed by atoms with Gasteiger partial charge in [-0.1, -0.05) is 20.8 Å². The van der Waals surface area contributed by atoms with Crippen molar-refractivity contribution in [2.45, 2.75) is 51.2 Å². The van der Waals surface area contributed by atoms with Crippen molar-refractivity contribution in [3.8, 4) is 0 Å². The molecule has 0 amide bonds. The number of rotatable bonds is 6. The summed E-state index contributed by atoms with van der Waals surface area (Å²) in [5.41, 5.74) is 0.845. The summed E-state index contributed by atoms with van der Waals surface area (Å²) in [5.74, 6) is 2.04. The molecule has 1 aromatic rings. The Morgan fingerprint density at radius 2 is 1.95 bits per heavy atom. The zero-order valence-electron chi connectivity index (χ0n) is 12.9. The van der Waals surface area contributed by atoms with Crippen molar-refractivity contribution in [1.82, 2.24) is 9.97 Å². The first-order valence-corrected chi connectivity index (χ1v) is 7.82. The highest BCUT2D eigenvalue weighted by molar-refractivity contribution is 7.99. The lowest BCUT2D eigenvalue weighted by molar-refractivity contribution is 0.113. The summed E-state index contributed by atoms with van der Waals surface area (Å²) < 4.78 is 0.